The summed E-state index contributed by atoms with van der Waals surface area (Å²) in [4.78, 5) is 4.09. The minimum atomic E-state index is 0.597. The van der Waals surface area contributed by atoms with Crippen molar-refractivity contribution in [3.8, 4) is 0 Å². The van der Waals surface area contributed by atoms with Gasteiger partial charge in [0.25, 0.3) is 0 Å². The normalized spacial score (nSPS) is 18.4. The molecule has 0 aliphatic heterocycles. The highest BCUT2D eigenvalue weighted by atomic mass is 15.0. The number of aromatic nitrogens is 2. The van der Waals surface area contributed by atoms with Crippen molar-refractivity contribution >= 4 is 0 Å². The zero-order valence-electron chi connectivity index (χ0n) is 11.1. The summed E-state index contributed by atoms with van der Waals surface area (Å²) >= 11 is 0. The fourth-order valence-corrected chi connectivity index (χ4v) is 3.04. The Morgan fingerprint density at radius 2 is 1.58 bits per heavy atom. The van der Waals surface area contributed by atoms with E-state index in [0.717, 1.165) is 6.54 Å². The molecule has 2 aliphatic carbocycles. The third kappa shape index (κ3) is 2.95. The summed E-state index contributed by atoms with van der Waals surface area (Å²) in [5, 5.41) is 0. The third-order valence-electron chi connectivity index (χ3n) is 4.06. The number of aryl methyl sites for hydroxylation is 1. The van der Waals surface area contributed by atoms with E-state index < -0.39 is 0 Å². The first-order valence-corrected chi connectivity index (χ1v) is 7.09. The lowest BCUT2D eigenvalue weighted by Gasteiger charge is -2.25. The molecule has 0 radical (unpaired) electrons. The molecule has 2 aliphatic rings. The molecule has 0 saturated heterocycles. The first-order chi connectivity index (χ1) is 9.43. The van der Waals surface area contributed by atoms with Crippen LogP contribution in [0.1, 0.15) is 12.8 Å². The number of imidazole rings is 1. The topological polar surface area (TPSA) is 17.8 Å². The lowest BCUT2D eigenvalue weighted by molar-refractivity contribution is 0.350. The molecule has 19 heavy (non-hydrogen) atoms. The number of hydrogen-bond donors (Lipinski definition) is 0. The number of hydrogen-bond acceptors (Lipinski definition) is 1. The monoisotopic (exact) mass is 252 g/mol. The molecule has 1 heterocycles. The molecule has 0 spiro atoms. The quantitative estimate of drug-likeness (QED) is 0.753. The molecule has 98 valence electrons. The maximum Gasteiger partial charge on any atom is 0.0945 e. The standard InChI is InChI=1S/C17H20N2/c1-2-7-15(6-1)17(16-8-3-4-9-16)10-5-12-19-13-11-18-14-19/h1-4,6-9,11,13-17H,5,10,12H2. The van der Waals surface area contributed by atoms with E-state index in [1.54, 1.807) is 0 Å². The van der Waals surface area contributed by atoms with Crippen molar-refractivity contribution < 1.29 is 0 Å². The molecule has 0 fully saturated rings. The largest absolute Gasteiger partial charge is 0.337 e. The summed E-state index contributed by atoms with van der Waals surface area (Å²) in [5.74, 6) is 1.88. The number of nitrogens with zero attached hydrogens (tertiary/aromatic N) is 2. The van der Waals surface area contributed by atoms with E-state index in [2.05, 4.69) is 58.2 Å². The lowest BCUT2D eigenvalue weighted by Crippen LogP contribution is -2.18. The van der Waals surface area contributed by atoms with E-state index >= 15 is 0 Å². The Labute approximate surface area is 114 Å². The lowest BCUT2D eigenvalue weighted by atomic mass is 9.79. The number of allylic oxidation sites excluding steroid dienone is 8. The van der Waals surface area contributed by atoms with E-state index in [9.17, 15) is 0 Å². The van der Waals surface area contributed by atoms with Crippen molar-refractivity contribution in [1.82, 2.24) is 9.55 Å². The Hall–Kier alpha value is -1.83. The molecular formula is C17H20N2. The summed E-state index contributed by atoms with van der Waals surface area (Å²) in [6.45, 7) is 1.07. The molecule has 2 nitrogen and oxygen atoms in total. The predicted octanol–water partition coefficient (Wildman–Crippen LogP) is 3.76. The SMILES string of the molecule is C1=CC(C(CCCn2ccnc2)C2C=CC=C2)C=C1. The van der Waals surface area contributed by atoms with Crippen LogP contribution in [0.15, 0.2) is 67.3 Å². The Balaban J connectivity index is 1.59. The minimum absolute atomic E-state index is 0.597. The molecule has 0 saturated carbocycles. The van der Waals surface area contributed by atoms with Gasteiger partial charge in [0.2, 0.25) is 0 Å². The highest BCUT2D eigenvalue weighted by Crippen LogP contribution is 2.34. The van der Waals surface area contributed by atoms with Gasteiger partial charge in [0.05, 0.1) is 6.33 Å². The van der Waals surface area contributed by atoms with Crippen LogP contribution in [0.2, 0.25) is 0 Å². The fourth-order valence-electron chi connectivity index (χ4n) is 3.04. The van der Waals surface area contributed by atoms with Crippen LogP contribution in [0.4, 0.5) is 0 Å². The van der Waals surface area contributed by atoms with Gasteiger partial charge in [-0.2, -0.15) is 0 Å². The first-order valence-electron chi connectivity index (χ1n) is 7.09. The van der Waals surface area contributed by atoms with Crippen LogP contribution in [0.5, 0.6) is 0 Å². The van der Waals surface area contributed by atoms with E-state index in [1.807, 2.05) is 18.7 Å². The first kappa shape index (κ1) is 12.2. The minimum Gasteiger partial charge on any atom is -0.337 e. The summed E-state index contributed by atoms with van der Waals surface area (Å²) < 4.78 is 2.16. The van der Waals surface area contributed by atoms with Gasteiger partial charge in [-0.1, -0.05) is 48.6 Å². The molecule has 2 heteroatoms. The molecule has 0 unspecified atom stereocenters. The predicted molar refractivity (Wildman–Crippen MR) is 78.5 cm³/mol. The van der Waals surface area contributed by atoms with E-state index in [4.69, 9.17) is 0 Å². The van der Waals surface area contributed by atoms with Gasteiger partial charge in [-0.25, -0.2) is 4.98 Å². The smallest absolute Gasteiger partial charge is 0.0945 e. The van der Waals surface area contributed by atoms with Gasteiger partial charge in [-0.15, -0.1) is 0 Å². The highest BCUT2D eigenvalue weighted by Gasteiger charge is 2.25. The van der Waals surface area contributed by atoms with E-state index in [0.29, 0.717) is 17.8 Å². The van der Waals surface area contributed by atoms with Gasteiger partial charge in [0.1, 0.15) is 0 Å². The van der Waals surface area contributed by atoms with E-state index in [-0.39, 0.29) is 0 Å². The second-order valence-corrected chi connectivity index (χ2v) is 5.30. The van der Waals surface area contributed by atoms with Crippen molar-refractivity contribution in [2.24, 2.45) is 17.8 Å². The van der Waals surface area contributed by atoms with Gasteiger partial charge in [-0.05, 0) is 30.6 Å². The Morgan fingerprint density at radius 3 is 2.11 bits per heavy atom. The molecule has 0 atom stereocenters. The van der Waals surface area contributed by atoms with Gasteiger partial charge >= 0.3 is 0 Å². The van der Waals surface area contributed by atoms with E-state index in [1.165, 1.54) is 12.8 Å². The maximum atomic E-state index is 4.09. The Bertz CT molecular complexity index is 453. The molecule has 0 amide bonds. The van der Waals surface area contributed by atoms with Crippen LogP contribution in [0.3, 0.4) is 0 Å². The second kappa shape index (κ2) is 5.87. The van der Waals surface area contributed by atoms with Gasteiger partial charge in [0.15, 0.2) is 0 Å². The zero-order chi connectivity index (χ0) is 12.9. The van der Waals surface area contributed by atoms with Crippen molar-refractivity contribution in [2.45, 2.75) is 19.4 Å². The van der Waals surface area contributed by atoms with Crippen molar-refractivity contribution in [3.05, 3.63) is 67.3 Å². The molecule has 1 aromatic rings. The molecule has 0 bridgehead atoms. The average Bonchev–Trinajstić information content (AvgIpc) is 3.15. The second-order valence-electron chi connectivity index (χ2n) is 5.30. The van der Waals surface area contributed by atoms with Crippen LogP contribution >= 0.6 is 0 Å². The third-order valence-corrected chi connectivity index (χ3v) is 4.06. The molecule has 0 aromatic carbocycles. The summed E-state index contributed by atoms with van der Waals surface area (Å²) in [6, 6.07) is 0. The molecule has 3 rings (SSSR count). The average molecular weight is 252 g/mol. The summed E-state index contributed by atoms with van der Waals surface area (Å²) in [7, 11) is 0. The highest BCUT2D eigenvalue weighted by molar-refractivity contribution is 5.24. The van der Waals surface area contributed by atoms with Crippen LogP contribution in [-0.2, 0) is 6.54 Å². The Morgan fingerprint density at radius 1 is 0.947 bits per heavy atom. The van der Waals surface area contributed by atoms with Crippen molar-refractivity contribution in [3.63, 3.8) is 0 Å². The van der Waals surface area contributed by atoms with Gasteiger partial charge in [0, 0.05) is 18.9 Å². The zero-order valence-corrected chi connectivity index (χ0v) is 11.1. The van der Waals surface area contributed by atoms with Crippen LogP contribution < -0.4 is 0 Å². The van der Waals surface area contributed by atoms with Crippen LogP contribution in [-0.4, -0.2) is 9.55 Å². The van der Waals surface area contributed by atoms with Gasteiger partial charge in [-0.3, -0.25) is 0 Å². The fraction of sp³-hybridized carbons (Fsp3) is 0.353. The van der Waals surface area contributed by atoms with Crippen molar-refractivity contribution in [1.29, 1.82) is 0 Å². The van der Waals surface area contributed by atoms with Crippen molar-refractivity contribution in [2.75, 3.05) is 0 Å². The van der Waals surface area contributed by atoms with Gasteiger partial charge < -0.3 is 4.57 Å². The molecule has 0 N–H and O–H groups in total. The summed E-state index contributed by atoms with van der Waals surface area (Å²) in [6.07, 6.45) is 26.3. The number of rotatable bonds is 6. The molecule has 1 aromatic heterocycles. The Kier molecular flexibility index (Phi) is 3.78. The molecular weight excluding hydrogens is 232 g/mol. The maximum absolute atomic E-state index is 4.09. The van der Waals surface area contributed by atoms with Crippen LogP contribution in [0.25, 0.3) is 0 Å². The summed E-state index contributed by atoms with van der Waals surface area (Å²) in [5.41, 5.74) is 0. The van der Waals surface area contributed by atoms with Crippen LogP contribution in [0, 0.1) is 17.8 Å².